The Kier molecular flexibility index (Phi) is 3.45. The van der Waals surface area contributed by atoms with Gasteiger partial charge in [-0.3, -0.25) is 9.67 Å². The number of aromatic nitrogens is 4. The molecule has 0 spiro atoms. The number of nitrogen functional groups attached to an aromatic ring is 1. The highest BCUT2D eigenvalue weighted by molar-refractivity contribution is 5.98. The minimum absolute atomic E-state index is 0.751. The van der Waals surface area contributed by atoms with Gasteiger partial charge in [-0.15, -0.1) is 5.10 Å². The molecule has 20 heavy (non-hydrogen) atoms. The Bertz CT molecular complexity index is 692. The molecular weight excluding hydrogens is 252 g/mol. The molecule has 6 nitrogen and oxygen atoms in total. The van der Waals surface area contributed by atoms with Crippen LogP contribution in [0.3, 0.4) is 0 Å². The molecule has 0 unspecified atom stereocenters. The molecule has 0 saturated carbocycles. The highest BCUT2D eigenvalue weighted by Crippen LogP contribution is 2.26. The van der Waals surface area contributed by atoms with E-state index in [2.05, 4.69) is 20.6 Å². The Labute approximate surface area is 116 Å². The van der Waals surface area contributed by atoms with Gasteiger partial charge < -0.3 is 11.1 Å². The second-order valence-electron chi connectivity index (χ2n) is 4.55. The molecule has 0 aliphatic rings. The monoisotopic (exact) mass is 268 g/mol. The third-order valence-electron chi connectivity index (χ3n) is 3.15. The van der Waals surface area contributed by atoms with Crippen molar-refractivity contribution in [2.75, 3.05) is 17.6 Å². The fourth-order valence-corrected chi connectivity index (χ4v) is 2.15. The normalized spacial score (nSPS) is 10.8. The van der Waals surface area contributed by atoms with Crippen LogP contribution in [0.2, 0.25) is 0 Å². The van der Waals surface area contributed by atoms with Gasteiger partial charge in [0.25, 0.3) is 0 Å². The lowest BCUT2D eigenvalue weighted by Gasteiger charge is -2.10. The van der Waals surface area contributed by atoms with Crippen molar-refractivity contribution in [2.45, 2.75) is 13.0 Å². The second-order valence-corrected chi connectivity index (χ2v) is 4.55. The van der Waals surface area contributed by atoms with Crippen molar-refractivity contribution >= 4 is 22.3 Å². The molecule has 0 aliphatic heterocycles. The summed E-state index contributed by atoms with van der Waals surface area (Å²) in [7, 11) is 0. The molecule has 0 saturated heterocycles. The van der Waals surface area contributed by atoms with E-state index in [0.717, 1.165) is 41.8 Å². The maximum absolute atomic E-state index is 5.96. The number of benzene rings is 1. The first-order valence-corrected chi connectivity index (χ1v) is 6.56. The van der Waals surface area contributed by atoms with Crippen molar-refractivity contribution in [3.63, 3.8) is 0 Å². The molecule has 0 radical (unpaired) electrons. The maximum Gasteiger partial charge on any atom is 0.0953 e. The van der Waals surface area contributed by atoms with Crippen LogP contribution < -0.4 is 11.1 Å². The zero-order valence-corrected chi connectivity index (χ0v) is 11.0. The molecule has 3 rings (SSSR count). The number of hydrogen-bond donors (Lipinski definition) is 2. The second kappa shape index (κ2) is 5.56. The first-order chi connectivity index (χ1) is 9.84. The lowest BCUT2D eigenvalue weighted by Crippen LogP contribution is -2.08. The summed E-state index contributed by atoms with van der Waals surface area (Å²) >= 11 is 0. The van der Waals surface area contributed by atoms with E-state index >= 15 is 0 Å². The van der Waals surface area contributed by atoms with Crippen LogP contribution in [0.4, 0.5) is 11.4 Å². The minimum Gasteiger partial charge on any atom is -0.398 e. The molecule has 1 aromatic carbocycles. The third kappa shape index (κ3) is 2.54. The van der Waals surface area contributed by atoms with E-state index in [1.807, 2.05) is 35.1 Å². The Balaban J connectivity index is 1.67. The number of fused-ring (bicyclic) bond motifs is 1. The largest absolute Gasteiger partial charge is 0.398 e. The SMILES string of the molecule is Nc1ccc(NCCCn2ccnn2)c2ncccc12. The van der Waals surface area contributed by atoms with Crippen LogP contribution in [0.1, 0.15) is 6.42 Å². The van der Waals surface area contributed by atoms with Crippen molar-refractivity contribution in [1.82, 2.24) is 20.0 Å². The predicted octanol–water partition coefficient (Wildman–Crippen LogP) is 1.91. The van der Waals surface area contributed by atoms with E-state index < -0.39 is 0 Å². The average Bonchev–Trinajstić information content (AvgIpc) is 2.99. The first kappa shape index (κ1) is 12.4. The number of anilines is 2. The number of hydrogen-bond acceptors (Lipinski definition) is 5. The lowest BCUT2D eigenvalue weighted by molar-refractivity contribution is 0.570. The maximum atomic E-state index is 5.96. The van der Waals surface area contributed by atoms with Gasteiger partial charge in [0.05, 0.1) is 17.4 Å². The molecule has 0 aliphatic carbocycles. The summed E-state index contributed by atoms with van der Waals surface area (Å²) < 4.78 is 1.82. The topological polar surface area (TPSA) is 81.6 Å². The van der Waals surface area contributed by atoms with Crippen LogP contribution >= 0.6 is 0 Å². The van der Waals surface area contributed by atoms with Crippen molar-refractivity contribution in [2.24, 2.45) is 0 Å². The average molecular weight is 268 g/mol. The Morgan fingerprint density at radius 3 is 3.00 bits per heavy atom. The van der Waals surface area contributed by atoms with Gasteiger partial charge in [-0.1, -0.05) is 5.21 Å². The van der Waals surface area contributed by atoms with Gasteiger partial charge >= 0.3 is 0 Å². The zero-order valence-electron chi connectivity index (χ0n) is 11.0. The Hall–Kier alpha value is -2.63. The van der Waals surface area contributed by atoms with E-state index in [4.69, 9.17) is 5.73 Å². The molecule has 0 bridgehead atoms. The van der Waals surface area contributed by atoms with Crippen molar-refractivity contribution in [3.05, 3.63) is 42.9 Å². The standard InChI is InChI=1S/C14H16N6/c15-12-4-5-13(14-11(12)3-1-6-17-14)16-7-2-9-20-10-8-18-19-20/h1,3-6,8,10,16H,2,7,9,15H2. The molecule has 3 N–H and O–H groups in total. The van der Waals surface area contributed by atoms with E-state index in [-0.39, 0.29) is 0 Å². The lowest BCUT2D eigenvalue weighted by atomic mass is 10.1. The van der Waals surface area contributed by atoms with Crippen molar-refractivity contribution < 1.29 is 0 Å². The van der Waals surface area contributed by atoms with Gasteiger partial charge in [-0.2, -0.15) is 0 Å². The molecule has 6 heteroatoms. The van der Waals surface area contributed by atoms with Crippen LogP contribution in [0, 0.1) is 0 Å². The summed E-state index contributed by atoms with van der Waals surface area (Å²) in [5, 5.41) is 12.1. The summed E-state index contributed by atoms with van der Waals surface area (Å²) in [6, 6.07) is 7.76. The number of nitrogens with zero attached hydrogens (tertiary/aromatic N) is 4. The fourth-order valence-electron chi connectivity index (χ4n) is 2.15. The predicted molar refractivity (Wildman–Crippen MR) is 79.3 cm³/mol. The van der Waals surface area contributed by atoms with Crippen LogP contribution in [0.5, 0.6) is 0 Å². The van der Waals surface area contributed by atoms with Crippen LogP contribution in [0.25, 0.3) is 10.9 Å². The molecule has 0 fully saturated rings. The number of nitrogens with one attached hydrogen (secondary N) is 1. The molecule has 3 aromatic rings. The van der Waals surface area contributed by atoms with Gasteiger partial charge in [0, 0.05) is 36.6 Å². The van der Waals surface area contributed by atoms with Gasteiger partial charge in [-0.25, -0.2) is 0 Å². The third-order valence-corrected chi connectivity index (χ3v) is 3.15. The molecule has 0 amide bonds. The van der Waals surface area contributed by atoms with Crippen LogP contribution in [-0.2, 0) is 6.54 Å². The number of nitrogens with two attached hydrogens (primary N) is 1. The summed E-state index contributed by atoms with van der Waals surface area (Å²) in [5.74, 6) is 0. The first-order valence-electron chi connectivity index (χ1n) is 6.56. The molecule has 2 aromatic heterocycles. The summed E-state index contributed by atoms with van der Waals surface area (Å²) in [6.45, 7) is 1.68. The van der Waals surface area contributed by atoms with Crippen molar-refractivity contribution in [3.8, 4) is 0 Å². The summed E-state index contributed by atoms with van der Waals surface area (Å²) in [6.07, 6.45) is 6.29. The highest BCUT2D eigenvalue weighted by atomic mass is 15.4. The van der Waals surface area contributed by atoms with Gasteiger partial charge in [-0.05, 0) is 30.7 Å². The zero-order chi connectivity index (χ0) is 13.8. The number of aryl methyl sites for hydroxylation is 1. The molecule has 102 valence electrons. The van der Waals surface area contributed by atoms with Crippen LogP contribution in [0.15, 0.2) is 42.9 Å². The molecule has 0 atom stereocenters. The molecule has 2 heterocycles. The summed E-state index contributed by atoms with van der Waals surface area (Å²) in [4.78, 5) is 4.40. The minimum atomic E-state index is 0.751. The quantitative estimate of drug-likeness (QED) is 0.545. The van der Waals surface area contributed by atoms with E-state index in [1.165, 1.54) is 0 Å². The van der Waals surface area contributed by atoms with Crippen LogP contribution in [-0.4, -0.2) is 26.5 Å². The highest BCUT2D eigenvalue weighted by Gasteiger charge is 2.04. The molecular formula is C14H16N6. The van der Waals surface area contributed by atoms with Crippen molar-refractivity contribution in [1.29, 1.82) is 0 Å². The van der Waals surface area contributed by atoms with E-state index in [0.29, 0.717) is 0 Å². The van der Waals surface area contributed by atoms with Gasteiger partial charge in [0.2, 0.25) is 0 Å². The van der Waals surface area contributed by atoms with E-state index in [9.17, 15) is 0 Å². The van der Waals surface area contributed by atoms with Gasteiger partial charge in [0.1, 0.15) is 0 Å². The number of pyridine rings is 1. The fraction of sp³-hybridized carbons (Fsp3) is 0.214. The Morgan fingerprint density at radius 2 is 2.15 bits per heavy atom. The van der Waals surface area contributed by atoms with E-state index in [1.54, 1.807) is 12.4 Å². The Morgan fingerprint density at radius 1 is 1.20 bits per heavy atom. The number of rotatable bonds is 5. The van der Waals surface area contributed by atoms with Gasteiger partial charge in [0.15, 0.2) is 0 Å². The smallest absolute Gasteiger partial charge is 0.0953 e. The summed E-state index contributed by atoms with van der Waals surface area (Å²) in [5.41, 5.74) is 8.63.